The lowest BCUT2D eigenvalue weighted by Gasteiger charge is -2.20. The molecule has 2 unspecified atom stereocenters. The van der Waals surface area contributed by atoms with E-state index in [1.54, 1.807) is 0 Å². The molecule has 0 amide bonds. The predicted molar refractivity (Wildman–Crippen MR) is 72.1 cm³/mol. The molecular formula is C14H22N2O2. The summed E-state index contributed by atoms with van der Waals surface area (Å²) in [5.74, 6) is 1.68. The van der Waals surface area contributed by atoms with E-state index in [9.17, 15) is 0 Å². The highest BCUT2D eigenvalue weighted by Gasteiger charge is 2.16. The number of benzene rings is 1. The fourth-order valence-electron chi connectivity index (χ4n) is 2.19. The van der Waals surface area contributed by atoms with Crippen LogP contribution in [0.5, 0.6) is 11.5 Å². The van der Waals surface area contributed by atoms with Crippen molar-refractivity contribution < 1.29 is 9.47 Å². The molecule has 1 aliphatic heterocycles. The monoisotopic (exact) mass is 250 g/mol. The van der Waals surface area contributed by atoms with Gasteiger partial charge >= 0.3 is 0 Å². The maximum atomic E-state index is 5.87. The van der Waals surface area contributed by atoms with Crippen LogP contribution in [-0.4, -0.2) is 26.3 Å². The standard InChI is InChI=1S/C14H22N2O2/c1-10(15)8-12(16-2)11-4-5-13-14(9-11)18-7-3-6-17-13/h4-5,9-10,12,16H,3,6-8,15H2,1-2H3. The van der Waals surface area contributed by atoms with Crippen LogP contribution < -0.4 is 20.5 Å². The van der Waals surface area contributed by atoms with Crippen LogP contribution in [0.25, 0.3) is 0 Å². The largest absolute Gasteiger partial charge is 0.490 e. The lowest BCUT2D eigenvalue weighted by molar-refractivity contribution is 0.297. The minimum atomic E-state index is 0.165. The maximum absolute atomic E-state index is 5.87. The molecule has 18 heavy (non-hydrogen) atoms. The second-order valence-corrected chi connectivity index (χ2v) is 4.81. The van der Waals surface area contributed by atoms with E-state index in [4.69, 9.17) is 15.2 Å². The Morgan fingerprint density at radius 3 is 2.67 bits per heavy atom. The van der Waals surface area contributed by atoms with Crippen LogP contribution >= 0.6 is 0 Å². The quantitative estimate of drug-likeness (QED) is 0.856. The molecule has 0 aromatic heterocycles. The van der Waals surface area contributed by atoms with Gasteiger partial charge in [-0.2, -0.15) is 0 Å². The number of hydrogen-bond acceptors (Lipinski definition) is 4. The van der Waals surface area contributed by atoms with Crippen LogP contribution in [0.4, 0.5) is 0 Å². The first-order chi connectivity index (χ1) is 8.70. The van der Waals surface area contributed by atoms with Gasteiger partial charge in [0.05, 0.1) is 13.2 Å². The van der Waals surface area contributed by atoms with Gasteiger partial charge in [-0.3, -0.25) is 0 Å². The maximum Gasteiger partial charge on any atom is 0.161 e. The zero-order chi connectivity index (χ0) is 13.0. The fourth-order valence-corrected chi connectivity index (χ4v) is 2.19. The van der Waals surface area contributed by atoms with E-state index >= 15 is 0 Å². The first kappa shape index (κ1) is 13.2. The Kier molecular flexibility index (Phi) is 4.44. The highest BCUT2D eigenvalue weighted by Crippen LogP contribution is 2.33. The molecule has 4 nitrogen and oxygen atoms in total. The molecule has 0 aliphatic carbocycles. The van der Waals surface area contributed by atoms with Crippen molar-refractivity contribution in [3.05, 3.63) is 23.8 Å². The van der Waals surface area contributed by atoms with Gasteiger partial charge in [0.25, 0.3) is 0 Å². The number of fused-ring (bicyclic) bond motifs is 1. The average Bonchev–Trinajstić information content (AvgIpc) is 2.59. The Hall–Kier alpha value is -1.26. The van der Waals surface area contributed by atoms with Crippen molar-refractivity contribution in [2.24, 2.45) is 5.73 Å². The molecule has 3 N–H and O–H groups in total. The van der Waals surface area contributed by atoms with Crippen molar-refractivity contribution in [3.8, 4) is 11.5 Å². The van der Waals surface area contributed by atoms with Gasteiger partial charge in [-0.25, -0.2) is 0 Å². The second-order valence-electron chi connectivity index (χ2n) is 4.81. The van der Waals surface area contributed by atoms with Crippen molar-refractivity contribution in [2.45, 2.75) is 31.8 Å². The molecule has 1 aromatic carbocycles. The molecule has 2 atom stereocenters. The minimum Gasteiger partial charge on any atom is -0.490 e. The molecule has 0 bridgehead atoms. The number of ether oxygens (including phenoxy) is 2. The van der Waals surface area contributed by atoms with Gasteiger partial charge in [0.2, 0.25) is 0 Å². The summed E-state index contributed by atoms with van der Waals surface area (Å²) in [5, 5.41) is 3.30. The van der Waals surface area contributed by atoms with E-state index in [0.29, 0.717) is 6.61 Å². The molecule has 0 spiro atoms. The van der Waals surface area contributed by atoms with Crippen molar-refractivity contribution in [3.63, 3.8) is 0 Å². The normalized spacial score (nSPS) is 17.9. The molecule has 1 heterocycles. The van der Waals surface area contributed by atoms with Gasteiger partial charge in [-0.1, -0.05) is 6.07 Å². The Balaban J connectivity index is 2.20. The van der Waals surface area contributed by atoms with E-state index in [-0.39, 0.29) is 12.1 Å². The molecule has 2 rings (SSSR count). The number of nitrogens with one attached hydrogen (secondary N) is 1. The van der Waals surface area contributed by atoms with E-state index in [1.165, 1.54) is 5.56 Å². The number of nitrogens with two attached hydrogens (primary N) is 1. The molecule has 0 radical (unpaired) electrons. The van der Waals surface area contributed by atoms with Crippen LogP contribution in [0.1, 0.15) is 31.4 Å². The van der Waals surface area contributed by atoms with Gasteiger partial charge in [0.1, 0.15) is 0 Å². The van der Waals surface area contributed by atoms with Crippen molar-refractivity contribution in [1.82, 2.24) is 5.32 Å². The predicted octanol–water partition coefficient (Wildman–Crippen LogP) is 1.85. The molecule has 0 saturated carbocycles. The van der Waals surface area contributed by atoms with Crippen LogP contribution in [0.2, 0.25) is 0 Å². The Morgan fingerprint density at radius 2 is 2.00 bits per heavy atom. The summed E-state index contributed by atoms with van der Waals surface area (Å²) in [6, 6.07) is 6.54. The molecule has 1 aromatic rings. The van der Waals surface area contributed by atoms with E-state index in [0.717, 1.165) is 30.9 Å². The average molecular weight is 250 g/mol. The Bertz CT molecular complexity index is 393. The zero-order valence-corrected chi connectivity index (χ0v) is 11.1. The van der Waals surface area contributed by atoms with E-state index < -0.39 is 0 Å². The van der Waals surface area contributed by atoms with Gasteiger partial charge in [-0.15, -0.1) is 0 Å². The molecule has 4 heteroatoms. The van der Waals surface area contributed by atoms with E-state index in [1.807, 2.05) is 20.0 Å². The topological polar surface area (TPSA) is 56.5 Å². The van der Waals surface area contributed by atoms with Gasteiger partial charge in [0, 0.05) is 18.5 Å². The molecule has 0 fully saturated rings. The van der Waals surface area contributed by atoms with Crippen LogP contribution in [0, 0.1) is 0 Å². The summed E-state index contributed by atoms with van der Waals surface area (Å²) < 4.78 is 11.3. The zero-order valence-electron chi connectivity index (χ0n) is 11.1. The number of hydrogen-bond donors (Lipinski definition) is 2. The fraction of sp³-hybridized carbons (Fsp3) is 0.571. The third-order valence-electron chi connectivity index (χ3n) is 3.13. The third kappa shape index (κ3) is 3.15. The van der Waals surface area contributed by atoms with E-state index in [2.05, 4.69) is 17.4 Å². The summed E-state index contributed by atoms with van der Waals surface area (Å²) in [6.07, 6.45) is 1.83. The number of rotatable bonds is 4. The van der Waals surface area contributed by atoms with Crippen LogP contribution in [-0.2, 0) is 0 Å². The summed E-state index contributed by atoms with van der Waals surface area (Å²) in [7, 11) is 1.95. The lowest BCUT2D eigenvalue weighted by atomic mass is 10.00. The lowest BCUT2D eigenvalue weighted by Crippen LogP contribution is -2.25. The summed E-state index contributed by atoms with van der Waals surface area (Å²) >= 11 is 0. The molecule has 0 saturated heterocycles. The van der Waals surface area contributed by atoms with Crippen molar-refractivity contribution in [1.29, 1.82) is 0 Å². The van der Waals surface area contributed by atoms with Gasteiger partial charge < -0.3 is 20.5 Å². The Morgan fingerprint density at radius 1 is 1.28 bits per heavy atom. The van der Waals surface area contributed by atoms with Crippen LogP contribution in [0.15, 0.2) is 18.2 Å². The molecule has 100 valence electrons. The molecular weight excluding hydrogens is 228 g/mol. The third-order valence-corrected chi connectivity index (χ3v) is 3.13. The highest BCUT2D eigenvalue weighted by molar-refractivity contribution is 5.44. The first-order valence-electron chi connectivity index (χ1n) is 6.53. The minimum absolute atomic E-state index is 0.165. The highest BCUT2D eigenvalue weighted by atomic mass is 16.5. The second kappa shape index (κ2) is 6.07. The van der Waals surface area contributed by atoms with Gasteiger partial charge in [-0.05, 0) is 38.1 Å². The first-order valence-corrected chi connectivity index (χ1v) is 6.53. The van der Waals surface area contributed by atoms with Crippen molar-refractivity contribution in [2.75, 3.05) is 20.3 Å². The molecule has 1 aliphatic rings. The summed E-state index contributed by atoms with van der Waals surface area (Å²) in [6.45, 7) is 3.46. The van der Waals surface area contributed by atoms with Crippen LogP contribution in [0.3, 0.4) is 0 Å². The van der Waals surface area contributed by atoms with Gasteiger partial charge in [0.15, 0.2) is 11.5 Å². The Labute approximate surface area is 108 Å². The smallest absolute Gasteiger partial charge is 0.161 e. The van der Waals surface area contributed by atoms with Crippen molar-refractivity contribution >= 4 is 0 Å². The summed E-state index contributed by atoms with van der Waals surface area (Å²) in [5.41, 5.74) is 7.07. The SMILES string of the molecule is CNC(CC(C)N)c1ccc2c(c1)OCCCO2. The summed E-state index contributed by atoms with van der Waals surface area (Å²) in [4.78, 5) is 0.